The van der Waals surface area contributed by atoms with E-state index in [1.54, 1.807) is 0 Å². The normalized spacial score (nSPS) is 35.3. The van der Waals surface area contributed by atoms with Gasteiger partial charge in [0.25, 0.3) is 0 Å². The standard InChI is InChI=1S/C17H34N2O2/c1-6-14-12-20-13(2)10-19(14)11-16-8-7-15(21-16)9-18-17(3,4)5/h13-16,18H,6-12H2,1-5H3. The van der Waals surface area contributed by atoms with Gasteiger partial charge in [0.1, 0.15) is 0 Å². The fourth-order valence-corrected chi connectivity index (χ4v) is 3.26. The smallest absolute Gasteiger partial charge is 0.0707 e. The van der Waals surface area contributed by atoms with Crippen LogP contribution in [0.4, 0.5) is 0 Å². The summed E-state index contributed by atoms with van der Waals surface area (Å²) in [4.78, 5) is 2.58. The number of nitrogens with zero attached hydrogens (tertiary/aromatic N) is 1. The van der Waals surface area contributed by atoms with Crippen LogP contribution in [-0.4, -0.2) is 61.0 Å². The monoisotopic (exact) mass is 298 g/mol. The highest BCUT2D eigenvalue weighted by Crippen LogP contribution is 2.23. The Labute approximate surface area is 130 Å². The number of nitrogens with one attached hydrogen (secondary N) is 1. The summed E-state index contributed by atoms with van der Waals surface area (Å²) in [6.07, 6.45) is 4.67. The third-order valence-corrected chi connectivity index (χ3v) is 4.55. The van der Waals surface area contributed by atoms with E-state index in [0.717, 1.165) is 32.7 Å². The third-order valence-electron chi connectivity index (χ3n) is 4.55. The van der Waals surface area contributed by atoms with Gasteiger partial charge in [-0.1, -0.05) is 6.92 Å². The molecule has 0 aromatic carbocycles. The zero-order valence-electron chi connectivity index (χ0n) is 14.5. The average molecular weight is 298 g/mol. The minimum Gasteiger partial charge on any atom is -0.376 e. The molecule has 4 heteroatoms. The van der Waals surface area contributed by atoms with Crippen LogP contribution in [0.3, 0.4) is 0 Å². The first-order valence-corrected chi connectivity index (χ1v) is 8.63. The number of hydrogen-bond donors (Lipinski definition) is 1. The molecular formula is C17H34N2O2. The van der Waals surface area contributed by atoms with E-state index in [0.29, 0.717) is 24.4 Å². The first-order chi connectivity index (χ1) is 9.87. The van der Waals surface area contributed by atoms with Crippen LogP contribution >= 0.6 is 0 Å². The molecule has 0 aromatic heterocycles. The van der Waals surface area contributed by atoms with E-state index in [2.05, 4.69) is 44.8 Å². The Hall–Kier alpha value is -0.160. The molecule has 21 heavy (non-hydrogen) atoms. The van der Waals surface area contributed by atoms with Crippen molar-refractivity contribution < 1.29 is 9.47 Å². The van der Waals surface area contributed by atoms with Crippen molar-refractivity contribution in [2.24, 2.45) is 0 Å². The molecule has 0 spiro atoms. The van der Waals surface area contributed by atoms with Gasteiger partial charge in [0.15, 0.2) is 0 Å². The molecule has 4 unspecified atom stereocenters. The Kier molecular flexibility index (Phi) is 6.06. The van der Waals surface area contributed by atoms with Gasteiger partial charge in [0.2, 0.25) is 0 Å². The van der Waals surface area contributed by atoms with Crippen molar-refractivity contribution in [1.29, 1.82) is 0 Å². The SMILES string of the molecule is CCC1COC(C)CN1CC1CCC(CNC(C)(C)C)O1. The summed E-state index contributed by atoms with van der Waals surface area (Å²) in [6.45, 7) is 15.0. The van der Waals surface area contributed by atoms with Crippen molar-refractivity contribution in [2.45, 2.75) is 83.8 Å². The van der Waals surface area contributed by atoms with E-state index in [4.69, 9.17) is 9.47 Å². The number of hydrogen-bond acceptors (Lipinski definition) is 4. The number of rotatable bonds is 5. The van der Waals surface area contributed by atoms with Gasteiger partial charge in [0.05, 0.1) is 24.9 Å². The molecule has 124 valence electrons. The lowest BCUT2D eigenvalue weighted by Gasteiger charge is -2.39. The number of ether oxygens (including phenoxy) is 2. The highest BCUT2D eigenvalue weighted by atomic mass is 16.5. The van der Waals surface area contributed by atoms with E-state index in [9.17, 15) is 0 Å². The first kappa shape index (κ1) is 17.2. The molecule has 2 fully saturated rings. The van der Waals surface area contributed by atoms with Crippen molar-refractivity contribution >= 4 is 0 Å². The van der Waals surface area contributed by atoms with Gasteiger partial charge in [-0.15, -0.1) is 0 Å². The predicted octanol–water partition coefficient (Wildman–Crippen LogP) is 2.42. The van der Waals surface area contributed by atoms with Crippen LogP contribution in [0, 0.1) is 0 Å². The largest absolute Gasteiger partial charge is 0.376 e. The van der Waals surface area contributed by atoms with Crippen molar-refractivity contribution in [2.75, 3.05) is 26.2 Å². The number of morpholine rings is 1. The van der Waals surface area contributed by atoms with Crippen LogP contribution in [0.1, 0.15) is 53.9 Å². The molecular weight excluding hydrogens is 264 g/mol. The van der Waals surface area contributed by atoms with Crippen LogP contribution in [0.25, 0.3) is 0 Å². The summed E-state index contributed by atoms with van der Waals surface area (Å²) < 4.78 is 12.0. The van der Waals surface area contributed by atoms with Crippen LogP contribution in [-0.2, 0) is 9.47 Å². The van der Waals surface area contributed by atoms with E-state index in [-0.39, 0.29) is 5.54 Å². The average Bonchev–Trinajstić information content (AvgIpc) is 2.84. The second-order valence-electron chi connectivity index (χ2n) is 7.75. The summed E-state index contributed by atoms with van der Waals surface area (Å²) in [6, 6.07) is 0.566. The maximum Gasteiger partial charge on any atom is 0.0707 e. The lowest BCUT2D eigenvalue weighted by molar-refractivity contribution is -0.0748. The molecule has 0 aromatic rings. The lowest BCUT2D eigenvalue weighted by Crippen LogP contribution is -2.51. The fourth-order valence-electron chi connectivity index (χ4n) is 3.26. The molecule has 1 N–H and O–H groups in total. The molecule has 2 aliphatic heterocycles. The lowest BCUT2D eigenvalue weighted by atomic mass is 10.1. The van der Waals surface area contributed by atoms with E-state index < -0.39 is 0 Å². The van der Waals surface area contributed by atoms with Crippen LogP contribution in [0.15, 0.2) is 0 Å². The second-order valence-corrected chi connectivity index (χ2v) is 7.75. The summed E-state index contributed by atoms with van der Waals surface area (Å²) >= 11 is 0. The Morgan fingerprint density at radius 2 is 1.90 bits per heavy atom. The van der Waals surface area contributed by atoms with Crippen LogP contribution < -0.4 is 5.32 Å². The van der Waals surface area contributed by atoms with Crippen molar-refractivity contribution in [3.8, 4) is 0 Å². The Morgan fingerprint density at radius 1 is 1.19 bits per heavy atom. The topological polar surface area (TPSA) is 33.7 Å². The molecule has 0 bridgehead atoms. The van der Waals surface area contributed by atoms with Gasteiger partial charge >= 0.3 is 0 Å². The zero-order chi connectivity index (χ0) is 15.5. The first-order valence-electron chi connectivity index (χ1n) is 8.63. The third kappa shape index (κ3) is 5.51. The summed E-state index contributed by atoms with van der Waals surface area (Å²) in [7, 11) is 0. The molecule has 2 saturated heterocycles. The van der Waals surface area contributed by atoms with E-state index >= 15 is 0 Å². The van der Waals surface area contributed by atoms with Crippen LogP contribution in [0.2, 0.25) is 0 Å². The summed E-state index contributed by atoms with van der Waals surface area (Å²) in [5, 5.41) is 3.56. The second kappa shape index (κ2) is 7.40. The quantitative estimate of drug-likeness (QED) is 0.845. The van der Waals surface area contributed by atoms with Gasteiger partial charge in [-0.25, -0.2) is 0 Å². The van der Waals surface area contributed by atoms with Gasteiger partial charge in [-0.2, -0.15) is 0 Å². The molecule has 0 radical (unpaired) electrons. The summed E-state index contributed by atoms with van der Waals surface area (Å²) in [5.74, 6) is 0. The fraction of sp³-hybridized carbons (Fsp3) is 1.00. The maximum absolute atomic E-state index is 6.24. The summed E-state index contributed by atoms with van der Waals surface area (Å²) in [5.41, 5.74) is 0.175. The molecule has 4 atom stereocenters. The van der Waals surface area contributed by atoms with Crippen molar-refractivity contribution in [3.05, 3.63) is 0 Å². The van der Waals surface area contributed by atoms with Gasteiger partial charge in [0, 0.05) is 31.2 Å². The molecule has 0 amide bonds. The minimum absolute atomic E-state index is 0.175. The highest BCUT2D eigenvalue weighted by molar-refractivity contribution is 4.84. The van der Waals surface area contributed by atoms with Crippen molar-refractivity contribution in [3.63, 3.8) is 0 Å². The molecule has 0 aliphatic carbocycles. The molecule has 2 rings (SSSR count). The van der Waals surface area contributed by atoms with E-state index in [1.807, 2.05) is 0 Å². The molecule has 0 saturated carbocycles. The minimum atomic E-state index is 0.175. The zero-order valence-corrected chi connectivity index (χ0v) is 14.5. The van der Waals surface area contributed by atoms with Gasteiger partial charge in [-0.3, -0.25) is 4.90 Å². The van der Waals surface area contributed by atoms with Crippen LogP contribution in [0.5, 0.6) is 0 Å². The highest BCUT2D eigenvalue weighted by Gasteiger charge is 2.32. The Balaban J connectivity index is 1.76. The Bertz CT molecular complexity index is 316. The predicted molar refractivity (Wildman–Crippen MR) is 86.7 cm³/mol. The van der Waals surface area contributed by atoms with Crippen molar-refractivity contribution in [1.82, 2.24) is 10.2 Å². The molecule has 2 heterocycles. The molecule has 4 nitrogen and oxygen atoms in total. The van der Waals surface area contributed by atoms with Gasteiger partial charge < -0.3 is 14.8 Å². The molecule has 2 aliphatic rings. The van der Waals surface area contributed by atoms with E-state index in [1.165, 1.54) is 12.8 Å². The Morgan fingerprint density at radius 3 is 2.57 bits per heavy atom. The maximum atomic E-state index is 6.24. The van der Waals surface area contributed by atoms with Gasteiger partial charge in [-0.05, 0) is 47.0 Å².